The topological polar surface area (TPSA) is 77.5 Å². The number of para-hydroxylation sites is 1. The van der Waals surface area contributed by atoms with Gasteiger partial charge in [0.15, 0.2) is 0 Å². The van der Waals surface area contributed by atoms with E-state index < -0.39 is 12.1 Å². The highest BCUT2D eigenvalue weighted by Gasteiger charge is 2.29. The number of ether oxygens (including phenoxy) is 2. The fourth-order valence-corrected chi connectivity index (χ4v) is 4.53. The number of rotatable bonds is 12. The minimum atomic E-state index is -0.689. The molecule has 6 heteroatoms. The minimum absolute atomic E-state index is 0.186. The van der Waals surface area contributed by atoms with Crippen molar-refractivity contribution in [2.45, 2.75) is 52.3 Å². The number of hydrogen-bond donors (Lipinski definition) is 1. The average Bonchev–Trinajstić information content (AvgIpc) is 2.95. The van der Waals surface area contributed by atoms with Gasteiger partial charge in [-0.15, -0.1) is 0 Å². The summed E-state index contributed by atoms with van der Waals surface area (Å²) in [5.74, 6) is -0.532. The Bertz CT molecular complexity index is 1370. The van der Waals surface area contributed by atoms with E-state index in [0.29, 0.717) is 12.8 Å². The van der Waals surface area contributed by atoms with Crippen molar-refractivity contribution < 1.29 is 19.1 Å². The van der Waals surface area contributed by atoms with Crippen molar-refractivity contribution in [3.05, 3.63) is 102 Å². The summed E-state index contributed by atoms with van der Waals surface area (Å²) in [6.07, 6.45) is 2.80. The van der Waals surface area contributed by atoms with Crippen LogP contribution in [0.1, 0.15) is 38.3 Å². The highest BCUT2D eigenvalue weighted by molar-refractivity contribution is 5.83. The van der Waals surface area contributed by atoms with Gasteiger partial charge in [0.25, 0.3) is 0 Å². The highest BCUT2D eigenvalue weighted by Crippen LogP contribution is 2.23. The Labute approximate surface area is 230 Å². The predicted octanol–water partition coefficient (Wildman–Crippen LogP) is 6.12. The molecule has 1 N–H and O–H groups in total. The third-order valence-electron chi connectivity index (χ3n) is 6.51. The zero-order valence-electron chi connectivity index (χ0n) is 22.8. The molecule has 2 atom stereocenters. The molecule has 202 valence electrons. The lowest BCUT2D eigenvalue weighted by molar-refractivity contribution is -0.150. The van der Waals surface area contributed by atoms with E-state index in [1.807, 2.05) is 98.9 Å². The molecule has 0 saturated carbocycles. The first-order valence-electron chi connectivity index (χ1n) is 13.5. The Kier molecular flexibility index (Phi) is 9.81. The van der Waals surface area contributed by atoms with E-state index >= 15 is 0 Å². The van der Waals surface area contributed by atoms with Crippen LogP contribution in [0.4, 0.5) is 0 Å². The maximum atomic E-state index is 13.1. The molecule has 0 saturated heterocycles. The third-order valence-corrected chi connectivity index (χ3v) is 6.51. The van der Waals surface area contributed by atoms with Gasteiger partial charge in [0, 0.05) is 17.1 Å². The van der Waals surface area contributed by atoms with E-state index in [1.54, 1.807) is 6.92 Å². The lowest BCUT2D eigenvalue weighted by Gasteiger charge is -2.25. The summed E-state index contributed by atoms with van der Waals surface area (Å²) in [6.45, 7) is 6.31. The predicted molar refractivity (Wildman–Crippen MR) is 154 cm³/mol. The zero-order chi connectivity index (χ0) is 27.6. The van der Waals surface area contributed by atoms with Crippen LogP contribution in [0.25, 0.3) is 22.0 Å². The largest absolute Gasteiger partial charge is 0.465 e. The van der Waals surface area contributed by atoms with Gasteiger partial charge in [-0.05, 0) is 54.5 Å². The molecule has 4 rings (SSSR count). The summed E-state index contributed by atoms with van der Waals surface area (Å²) in [7, 11) is 0. The van der Waals surface area contributed by atoms with Gasteiger partial charge in [-0.3, -0.25) is 19.9 Å². The van der Waals surface area contributed by atoms with Gasteiger partial charge in [-0.25, -0.2) is 0 Å². The van der Waals surface area contributed by atoms with Crippen molar-refractivity contribution in [1.82, 2.24) is 10.3 Å². The Morgan fingerprint density at radius 3 is 2.21 bits per heavy atom. The molecule has 1 heterocycles. The summed E-state index contributed by atoms with van der Waals surface area (Å²) >= 11 is 0. The summed E-state index contributed by atoms with van der Waals surface area (Å²) < 4.78 is 11.0. The molecule has 0 amide bonds. The quantitative estimate of drug-likeness (QED) is 0.225. The van der Waals surface area contributed by atoms with E-state index in [0.717, 1.165) is 33.2 Å². The van der Waals surface area contributed by atoms with Crippen molar-refractivity contribution in [1.29, 1.82) is 0 Å². The maximum Gasteiger partial charge on any atom is 0.323 e. The van der Waals surface area contributed by atoms with Gasteiger partial charge < -0.3 is 9.47 Å². The second-order valence-corrected chi connectivity index (χ2v) is 10.1. The van der Waals surface area contributed by atoms with Crippen LogP contribution in [-0.4, -0.2) is 35.6 Å². The molecule has 0 spiro atoms. The van der Waals surface area contributed by atoms with Gasteiger partial charge in [0.05, 0.1) is 12.1 Å². The zero-order valence-corrected chi connectivity index (χ0v) is 22.8. The van der Waals surface area contributed by atoms with Crippen molar-refractivity contribution >= 4 is 22.8 Å². The first kappa shape index (κ1) is 28.0. The fraction of sp³-hybridized carbons (Fsp3) is 0.303. The molecule has 3 aromatic carbocycles. The van der Waals surface area contributed by atoms with Crippen LogP contribution in [0.3, 0.4) is 0 Å². The number of nitrogens with zero attached hydrogens (tertiary/aromatic N) is 1. The Balaban J connectivity index is 1.48. The van der Waals surface area contributed by atoms with Crippen LogP contribution in [0.2, 0.25) is 0 Å². The lowest BCUT2D eigenvalue weighted by atomic mass is 9.98. The van der Waals surface area contributed by atoms with Crippen molar-refractivity contribution in [3.8, 4) is 11.1 Å². The van der Waals surface area contributed by atoms with E-state index in [-0.39, 0.29) is 31.1 Å². The van der Waals surface area contributed by atoms with Crippen LogP contribution in [0.15, 0.2) is 91.1 Å². The van der Waals surface area contributed by atoms with Gasteiger partial charge in [0.2, 0.25) is 0 Å². The number of esters is 2. The van der Waals surface area contributed by atoms with E-state index in [2.05, 4.69) is 16.4 Å². The molecule has 6 nitrogen and oxygen atoms in total. The van der Waals surface area contributed by atoms with Crippen LogP contribution < -0.4 is 5.32 Å². The molecular formula is C33H36N2O4. The van der Waals surface area contributed by atoms with E-state index in [9.17, 15) is 9.59 Å². The van der Waals surface area contributed by atoms with Crippen molar-refractivity contribution in [2.24, 2.45) is 5.92 Å². The van der Waals surface area contributed by atoms with Crippen LogP contribution in [0, 0.1) is 5.92 Å². The molecule has 0 bridgehead atoms. The monoisotopic (exact) mass is 524 g/mol. The third kappa shape index (κ3) is 7.98. The minimum Gasteiger partial charge on any atom is -0.465 e. The van der Waals surface area contributed by atoms with Gasteiger partial charge in [-0.2, -0.15) is 0 Å². The van der Waals surface area contributed by atoms with Gasteiger partial charge in [-0.1, -0.05) is 86.6 Å². The van der Waals surface area contributed by atoms with Crippen LogP contribution in [-0.2, 0) is 32.1 Å². The van der Waals surface area contributed by atoms with Gasteiger partial charge >= 0.3 is 11.9 Å². The van der Waals surface area contributed by atoms with Crippen LogP contribution >= 0.6 is 0 Å². The Morgan fingerprint density at radius 2 is 1.49 bits per heavy atom. The molecule has 0 radical (unpaired) electrons. The number of pyridine rings is 1. The maximum absolute atomic E-state index is 13.1. The van der Waals surface area contributed by atoms with E-state index in [1.165, 1.54) is 0 Å². The SMILES string of the molecule is CCOC(=O)C(Cc1ccc(-c2cnc3ccccc3c2)cc1)N[C@@H](CC(C)C)C(=O)OCc1ccccc1. The molecule has 0 aliphatic carbocycles. The lowest BCUT2D eigenvalue weighted by Crippen LogP contribution is -2.50. The smallest absolute Gasteiger partial charge is 0.323 e. The average molecular weight is 525 g/mol. The fourth-order valence-electron chi connectivity index (χ4n) is 4.53. The van der Waals surface area contributed by atoms with Gasteiger partial charge in [0.1, 0.15) is 18.7 Å². The van der Waals surface area contributed by atoms with Crippen molar-refractivity contribution in [2.75, 3.05) is 6.61 Å². The molecule has 0 aliphatic heterocycles. The van der Waals surface area contributed by atoms with E-state index in [4.69, 9.17) is 9.47 Å². The number of nitrogens with one attached hydrogen (secondary N) is 1. The molecule has 1 unspecified atom stereocenters. The summed E-state index contributed by atoms with van der Waals surface area (Å²) in [5, 5.41) is 4.35. The number of hydrogen-bond acceptors (Lipinski definition) is 6. The summed E-state index contributed by atoms with van der Waals surface area (Å²) in [4.78, 5) is 30.6. The normalized spacial score (nSPS) is 12.7. The molecular weight excluding hydrogens is 488 g/mol. The van der Waals surface area contributed by atoms with Crippen molar-refractivity contribution in [3.63, 3.8) is 0 Å². The Morgan fingerprint density at radius 1 is 0.795 bits per heavy atom. The Hall–Kier alpha value is -4.03. The number of aromatic nitrogens is 1. The molecule has 4 aromatic rings. The molecule has 0 fully saturated rings. The highest BCUT2D eigenvalue weighted by atomic mass is 16.5. The number of fused-ring (bicyclic) bond motifs is 1. The standard InChI is InChI=1S/C33H36N2O4/c1-4-38-32(36)31(35-30(18-23(2)3)33(37)39-22-25-10-6-5-7-11-25)19-24-14-16-26(17-15-24)28-20-27-12-8-9-13-29(27)34-21-28/h5-17,20-21,23,30-31,35H,4,18-19,22H2,1-3H3/t30-,31?/m0/s1. The number of benzene rings is 3. The first-order valence-corrected chi connectivity index (χ1v) is 13.5. The molecule has 39 heavy (non-hydrogen) atoms. The van der Waals surface area contributed by atoms with Crippen LogP contribution in [0.5, 0.6) is 0 Å². The number of carbonyl (C=O) groups excluding carboxylic acids is 2. The first-order chi connectivity index (χ1) is 18.9. The molecule has 1 aromatic heterocycles. The summed E-state index contributed by atoms with van der Waals surface area (Å²) in [6, 6.07) is 26.5. The second kappa shape index (κ2) is 13.7. The number of carbonyl (C=O) groups is 2. The molecule has 0 aliphatic rings. The second-order valence-electron chi connectivity index (χ2n) is 10.1. The summed E-state index contributed by atoms with van der Waals surface area (Å²) in [5.41, 5.74) is 4.90.